The minimum atomic E-state index is -0.0285. The van der Waals surface area contributed by atoms with Crippen LogP contribution in [-0.4, -0.2) is 15.2 Å². The monoisotopic (exact) mass is 162 g/mol. The van der Waals surface area contributed by atoms with Gasteiger partial charge in [-0.25, -0.2) is 4.98 Å². The summed E-state index contributed by atoms with van der Waals surface area (Å²) >= 11 is 0. The predicted molar refractivity (Wildman–Crippen MR) is 46.5 cm³/mol. The average molecular weight is 162 g/mol. The molecule has 0 spiro atoms. The molecule has 0 aromatic carbocycles. The molecular weight excluding hydrogens is 152 g/mol. The van der Waals surface area contributed by atoms with Gasteiger partial charge in [-0.2, -0.15) is 5.10 Å². The van der Waals surface area contributed by atoms with E-state index < -0.39 is 0 Å². The zero-order chi connectivity index (χ0) is 8.55. The van der Waals surface area contributed by atoms with Crippen LogP contribution in [0.15, 0.2) is 18.3 Å². The van der Waals surface area contributed by atoms with Crippen LogP contribution in [0.1, 0.15) is 18.7 Å². The van der Waals surface area contributed by atoms with Crippen molar-refractivity contribution in [2.75, 3.05) is 0 Å². The summed E-state index contributed by atoms with van der Waals surface area (Å²) in [6.07, 6.45) is 1.72. The highest BCUT2D eigenvalue weighted by Gasteiger charge is 2.07. The van der Waals surface area contributed by atoms with Crippen molar-refractivity contribution in [2.24, 2.45) is 5.73 Å². The molecule has 4 nitrogen and oxygen atoms in total. The first kappa shape index (κ1) is 7.24. The van der Waals surface area contributed by atoms with Crippen molar-refractivity contribution >= 4 is 11.0 Å². The minimum Gasteiger partial charge on any atom is -0.323 e. The van der Waals surface area contributed by atoms with Gasteiger partial charge in [0.15, 0.2) is 5.65 Å². The normalized spacial score (nSPS) is 13.5. The van der Waals surface area contributed by atoms with Crippen LogP contribution in [0.3, 0.4) is 0 Å². The highest BCUT2D eigenvalue weighted by molar-refractivity contribution is 5.77. The van der Waals surface area contributed by atoms with E-state index in [4.69, 9.17) is 5.73 Å². The van der Waals surface area contributed by atoms with E-state index in [9.17, 15) is 0 Å². The summed E-state index contributed by atoms with van der Waals surface area (Å²) in [4.78, 5) is 4.09. The van der Waals surface area contributed by atoms with Crippen molar-refractivity contribution in [3.8, 4) is 0 Å². The molecule has 4 heteroatoms. The van der Waals surface area contributed by atoms with Crippen molar-refractivity contribution < 1.29 is 0 Å². The van der Waals surface area contributed by atoms with Gasteiger partial charge in [-0.3, -0.25) is 5.10 Å². The van der Waals surface area contributed by atoms with Gasteiger partial charge in [-0.1, -0.05) is 0 Å². The molecule has 0 bridgehead atoms. The number of nitrogens with one attached hydrogen (secondary N) is 1. The fourth-order valence-electron chi connectivity index (χ4n) is 1.22. The Balaban J connectivity index is 2.70. The van der Waals surface area contributed by atoms with Crippen LogP contribution in [0.25, 0.3) is 11.0 Å². The van der Waals surface area contributed by atoms with Crippen LogP contribution in [0.2, 0.25) is 0 Å². The molecule has 12 heavy (non-hydrogen) atoms. The van der Waals surface area contributed by atoms with Gasteiger partial charge in [0, 0.05) is 17.6 Å². The number of pyridine rings is 1. The Morgan fingerprint density at radius 3 is 3.17 bits per heavy atom. The van der Waals surface area contributed by atoms with Crippen molar-refractivity contribution in [3.05, 3.63) is 24.0 Å². The van der Waals surface area contributed by atoms with Crippen molar-refractivity contribution in [1.82, 2.24) is 15.2 Å². The lowest BCUT2D eigenvalue weighted by atomic mass is 10.2. The molecule has 0 saturated heterocycles. The standard InChI is InChI=1S/C8H10N4/c1-5(9)7-6-3-2-4-10-8(6)12-11-7/h2-5H,9H2,1H3,(H,10,11,12). The largest absolute Gasteiger partial charge is 0.323 e. The maximum Gasteiger partial charge on any atom is 0.181 e. The van der Waals surface area contributed by atoms with Crippen LogP contribution >= 0.6 is 0 Å². The molecular formula is C8H10N4. The first-order valence-corrected chi connectivity index (χ1v) is 3.83. The molecule has 1 unspecified atom stereocenters. The molecule has 0 aliphatic heterocycles. The molecule has 0 radical (unpaired) electrons. The lowest BCUT2D eigenvalue weighted by molar-refractivity contribution is 0.778. The number of aromatic nitrogens is 3. The van der Waals surface area contributed by atoms with E-state index in [2.05, 4.69) is 15.2 Å². The summed E-state index contributed by atoms with van der Waals surface area (Å²) in [5.41, 5.74) is 7.39. The zero-order valence-corrected chi connectivity index (χ0v) is 6.78. The third kappa shape index (κ3) is 0.967. The van der Waals surface area contributed by atoms with Crippen molar-refractivity contribution in [2.45, 2.75) is 13.0 Å². The van der Waals surface area contributed by atoms with E-state index in [-0.39, 0.29) is 6.04 Å². The number of hydrogen-bond donors (Lipinski definition) is 2. The fourth-order valence-corrected chi connectivity index (χ4v) is 1.22. The van der Waals surface area contributed by atoms with Crippen LogP contribution in [-0.2, 0) is 0 Å². The first-order valence-electron chi connectivity index (χ1n) is 3.83. The summed E-state index contributed by atoms with van der Waals surface area (Å²) in [7, 11) is 0. The third-order valence-corrected chi connectivity index (χ3v) is 1.81. The second-order valence-electron chi connectivity index (χ2n) is 2.80. The van der Waals surface area contributed by atoms with E-state index in [0.717, 1.165) is 16.7 Å². The molecule has 0 fully saturated rings. The molecule has 1 atom stereocenters. The summed E-state index contributed by atoms with van der Waals surface area (Å²) in [6, 6.07) is 3.81. The van der Waals surface area contributed by atoms with Gasteiger partial charge in [0.25, 0.3) is 0 Å². The summed E-state index contributed by atoms with van der Waals surface area (Å²) in [6.45, 7) is 1.92. The Morgan fingerprint density at radius 1 is 1.58 bits per heavy atom. The molecule has 2 aromatic rings. The van der Waals surface area contributed by atoms with E-state index >= 15 is 0 Å². The van der Waals surface area contributed by atoms with Crippen LogP contribution < -0.4 is 5.73 Å². The minimum absolute atomic E-state index is 0.0285. The van der Waals surface area contributed by atoms with Crippen LogP contribution in [0, 0.1) is 0 Å². The van der Waals surface area contributed by atoms with E-state index in [1.165, 1.54) is 0 Å². The van der Waals surface area contributed by atoms with Gasteiger partial charge in [0.05, 0.1) is 5.69 Å². The highest BCUT2D eigenvalue weighted by atomic mass is 15.2. The van der Waals surface area contributed by atoms with Crippen molar-refractivity contribution in [3.63, 3.8) is 0 Å². The van der Waals surface area contributed by atoms with Crippen LogP contribution in [0.5, 0.6) is 0 Å². The Bertz CT molecular complexity index is 391. The van der Waals surface area contributed by atoms with Crippen LogP contribution in [0.4, 0.5) is 0 Å². The Morgan fingerprint density at radius 2 is 2.42 bits per heavy atom. The van der Waals surface area contributed by atoms with Gasteiger partial charge >= 0.3 is 0 Å². The smallest absolute Gasteiger partial charge is 0.181 e. The second-order valence-corrected chi connectivity index (χ2v) is 2.80. The molecule has 3 N–H and O–H groups in total. The van der Waals surface area contributed by atoms with E-state index in [0.29, 0.717) is 0 Å². The maximum atomic E-state index is 5.73. The first-order chi connectivity index (χ1) is 5.79. The van der Waals surface area contributed by atoms with Gasteiger partial charge in [-0.05, 0) is 19.1 Å². The summed E-state index contributed by atoms with van der Waals surface area (Å²) in [5.74, 6) is 0. The van der Waals surface area contributed by atoms with Gasteiger partial charge in [0.1, 0.15) is 0 Å². The molecule has 0 saturated carbocycles. The highest BCUT2D eigenvalue weighted by Crippen LogP contribution is 2.17. The average Bonchev–Trinajstić information content (AvgIpc) is 2.47. The molecule has 0 aliphatic rings. The van der Waals surface area contributed by atoms with Gasteiger partial charge < -0.3 is 5.73 Å². The number of H-pyrrole nitrogens is 1. The summed E-state index contributed by atoms with van der Waals surface area (Å²) in [5, 5.41) is 7.91. The summed E-state index contributed by atoms with van der Waals surface area (Å²) < 4.78 is 0. The second kappa shape index (κ2) is 2.57. The molecule has 0 amide bonds. The Labute approximate surface area is 69.8 Å². The lowest BCUT2D eigenvalue weighted by Crippen LogP contribution is -2.05. The molecule has 2 aromatic heterocycles. The number of fused-ring (bicyclic) bond motifs is 1. The molecule has 2 heterocycles. The fraction of sp³-hybridized carbons (Fsp3) is 0.250. The van der Waals surface area contributed by atoms with E-state index in [1.807, 2.05) is 19.1 Å². The SMILES string of the molecule is CC(N)c1[nH]nc2ncccc12. The number of aromatic amines is 1. The topological polar surface area (TPSA) is 67.6 Å². The molecule has 62 valence electrons. The van der Waals surface area contributed by atoms with Gasteiger partial charge in [0.2, 0.25) is 0 Å². The maximum absolute atomic E-state index is 5.73. The van der Waals surface area contributed by atoms with Crippen molar-refractivity contribution in [1.29, 1.82) is 0 Å². The quantitative estimate of drug-likeness (QED) is 0.656. The Kier molecular flexibility index (Phi) is 1.55. The molecule has 2 rings (SSSR count). The lowest BCUT2D eigenvalue weighted by Gasteiger charge is -1.99. The number of hydrogen-bond acceptors (Lipinski definition) is 3. The Hall–Kier alpha value is -1.42. The molecule has 0 aliphatic carbocycles. The third-order valence-electron chi connectivity index (χ3n) is 1.81. The van der Waals surface area contributed by atoms with Gasteiger partial charge in [-0.15, -0.1) is 0 Å². The van der Waals surface area contributed by atoms with E-state index in [1.54, 1.807) is 6.20 Å². The number of nitrogens with two attached hydrogens (primary N) is 1. The number of rotatable bonds is 1. The number of nitrogens with zero attached hydrogens (tertiary/aromatic N) is 2. The zero-order valence-electron chi connectivity index (χ0n) is 6.78. The predicted octanol–water partition coefficient (Wildman–Crippen LogP) is 0.978.